The molecule has 0 atom stereocenters. The van der Waals surface area contributed by atoms with Crippen molar-refractivity contribution in [3.8, 4) is 0 Å². The number of ether oxygens (including phenoxy) is 1. The number of rotatable bonds is 8. The zero-order valence-electron chi connectivity index (χ0n) is 24.8. The molecule has 0 saturated heterocycles. The second-order valence-electron chi connectivity index (χ2n) is 10.8. The summed E-state index contributed by atoms with van der Waals surface area (Å²) in [5.74, 6) is 0. The highest BCUT2D eigenvalue weighted by Crippen LogP contribution is 2.37. The van der Waals surface area contributed by atoms with Crippen LogP contribution in [0.4, 0.5) is 0 Å². The van der Waals surface area contributed by atoms with Crippen molar-refractivity contribution >= 4 is 50.8 Å². The molecule has 0 unspecified atom stereocenters. The number of nitrogens with zero attached hydrogens (tertiary/aromatic N) is 2. The first-order valence-corrected chi connectivity index (χ1v) is 14.5. The van der Waals surface area contributed by atoms with E-state index in [2.05, 4.69) is 82.7 Å². The molecule has 2 aliphatic heterocycles. The number of aryl methyl sites for hydroxylation is 4. The molecule has 0 amide bonds. The first-order valence-electron chi connectivity index (χ1n) is 14.5. The number of H-pyrrole nitrogens is 2. The van der Waals surface area contributed by atoms with Crippen LogP contribution >= 0.6 is 0 Å². The van der Waals surface area contributed by atoms with E-state index in [4.69, 9.17) is 14.7 Å². The van der Waals surface area contributed by atoms with E-state index in [1.807, 2.05) is 0 Å². The van der Waals surface area contributed by atoms with Gasteiger partial charge in [-0.3, -0.25) is 4.79 Å². The molecule has 0 saturated carbocycles. The summed E-state index contributed by atoms with van der Waals surface area (Å²) < 4.78 is 5.09. The van der Waals surface area contributed by atoms with Crippen molar-refractivity contribution in [3.63, 3.8) is 0 Å². The standard InChI is InChI=1S/C34H40N4O2/c1-8-11-25-21(6)30-16-32-24(10-3)20(5)29(36-32)15-31-23(9-2)19(4)27(35-31)14-28-22(7)26(12-13-40-18-39)34(37-28)17-33(25)38-30/h14-18,35-36H,8-13H2,1-7H3. The predicted octanol–water partition coefficient (Wildman–Crippen LogP) is 8.28. The van der Waals surface area contributed by atoms with Crippen molar-refractivity contribution in [2.75, 3.05) is 6.61 Å². The lowest BCUT2D eigenvalue weighted by molar-refractivity contribution is -0.128. The number of carbonyl (C=O) groups excluding carboxylic acids is 1. The molecule has 5 heterocycles. The van der Waals surface area contributed by atoms with Gasteiger partial charge >= 0.3 is 0 Å². The summed E-state index contributed by atoms with van der Waals surface area (Å²) in [5.41, 5.74) is 18.1. The molecule has 6 nitrogen and oxygen atoms in total. The molecule has 0 aromatic carbocycles. The third kappa shape index (κ3) is 4.80. The molecule has 8 bridgehead atoms. The lowest BCUT2D eigenvalue weighted by Crippen LogP contribution is -1.94. The number of fused-ring (bicyclic) bond motifs is 8. The van der Waals surface area contributed by atoms with Gasteiger partial charge in [0.2, 0.25) is 0 Å². The summed E-state index contributed by atoms with van der Waals surface area (Å²) in [6, 6.07) is 8.77. The Kier molecular flexibility index (Phi) is 7.79. The summed E-state index contributed by atoms with van der Waals surface area (Å²) in [6.45, 7) is 16.1. The average Bonchev–Trinajstić information content (AvgIpc) is 3.59. The summed E-state index contributed by atoms with van der Waals surface area (Å²) >= 11 is 0. The highest BCUT2D eigenvalue weighted by atomic mass is 16.5. The minimum Gasteiger partial charge on any atom is -0.468 e. The van der Waals surface area contributed by atoms with Crippen LogP contribution in [0.25, 0.3) is 44.4 Å². The lowest BCUT2D eigenvalue weighted by Gasteiger charge is -2.05. The van der Waals surface area contributed by atoms with Crippen LogP contribution < -0.4 is 0 Å². The number of aromatic amines is 2. The smallest absolute Gasteiger partial charge is 0.293 e. The minimum absolute atomic E-state index is 0.319. The van der Waals surface area contributed by atoms with Gasteiger partial charge in [0.25, 0.3) is 6.47 Å². The van der Waals surface area contributed by atoms with Gasteiger partial charge in [-0.15, -0.1) is 0 Å². The Morgan fingerprint density at radius 2 is 1.18 bits per heavy atom. The summed E-state index contributed by atoms with van der Waals surface area (Å²) in [5, 5.41) is 0. The average molecular weight is 537 g/mol. The fourth-order valence-corrected chi connectivity index (χ4v) is 6.22. The number of nitrogens with one attached hydrogen (secondary N) is 2. The highest BCUT2D eigenvalue weighted by Gasteiger charge is 2.21. The lowest BCUT2D eigenvalue weighted by atomic mass is 9.99. The van der Waals surface area contributed by atoms with Crippen LogP contribution in [0.2, 0.25) is 0 Å². The van der Waals surface area contributed by atoms with Gasteiger partial charge in [-0.2, -0.15) is 0 Å². The predicted molar refractivity (Wildman–Crippen MR) is 166 cm³/mol. The Labute approximate surface area is 236 Å². The Morgan fingerprint density at radius 3 is 1.70 bits per heavy atom. The van der Waals surface area contributed by atoms with Crippen molar-refractivity contribution in [3.05, 3.63) is 69.3 Å². The third-order valence-corrected chi connectivity index (χ3v) is 8.55. The molecule has 3 aromatic rings. The Balaban J connectivity index is 1.92. The van der Waals surface area contributed by atoms with Crippen LogP contribution in [-0.2, 0) is 22.4 Å². The van der Waals surface area contributed by atoms with Gasteiger partial charge in [-0.05, 0) is 116 Å². The van der Waals surface area contributed by atoms with Gasteiger partial charge in [-0.25, -0.2) is 9.97 Å². The van der Waals surface area contributed by atoms with E-state index in [0.29, 0.717) is 19.5 Å². The maximum Gasteiger partial charge on any atom is 0.293 e. The third-order valence-electron chi connectivity index (χ3n) is 8.55. The normalized spacial score (nSPS) is 13.4. The maximum absolute atomic E-state index is 10.9. The monoisotopic (exact) mass is 536 g/mol. The number of aromatic nitrogens is 4. The molecule has 6 heteroatoms. The molecule has 0 radical (unpaired) electrons. The van der Waals surface area contributed by atoms with Gasteiger partial charge in [0.1, 0.15) is 0 Å². The highest BCUT2D eigenvalue weighted by molar-refractivity contribution is 5.95. The van der Waals surface area contributed by atoms with Gasteiger partial charge in [0, 0.05) is 28.5 Å². The van der Waals surface area contributed by atoms with E-state index in [0.717, 1.165) is 81.7 Å². The molecule has 208 valence electrons. The zero-order valence-corrected chi connectivity index (χ0v) is 24.8. The molecule has 2 N–H and O–H groups in total. The van der Waals surface area contributed by atoms with Crippen LogP contribution in [-0.4, -0.2) is 33.0 Å². The van der Waals surface area contributed by atoms with Crippen molar-refractivity contribution in [1.29, 1.82) is 0 Å². The molecule has 0 spiro atoms. The summed E-state index contributed by atoms with van der Waals surface area (Å²) in [4.78, 5) is 28.6. The number of carbonyl (C=O) groups is 1. The van der Waals surface area contributed by atoms with Crippen molar-refractivity contribution in [2.45, 2.75) is 80.6 Å². The number of hydrogen-bond acceptors (Lipinski definition) is 4. The molecule has 5 rings (SSSR count). The van der Waals surface area contributed by atoms with Crippen LogP contribution in [0.5, 0.6) is 0 Å². The van der Waals surface area contributed by atoms with Crippen LogP contribution in [0.15, 0.2) is 24.3 Å². The van der Waals surface area contributed by atoms with Gasteiger partial charge in [0.05, 0.1) is 29.4 Å². The topological polar surface area (TPSA) is 83.7 Å². The van der Waals surface area contributed by atoms with Crippen molar-refractivity contribution in [1.82, 2.24) is 19.9 Å². The minimum atomic E-state index is 0.319. The zero-order chi connectivity index (χ0) is 28.6. The Bertz CT molecular complexity index is 1720. The number of hydrogen-bond donors (Lipinski definition) is 2. The van der Waals surface area contributed by atoms with Gasteiger partial charge in [0.15, 0.2) is 0 Å². The molecule has 3 aromatic heterocycles. The SMILES string of the molecule is CCCC1=C(C)c2cc3[nH]c(cc4[nH]c(cc5nc(cc1n2)C(CCOC=O)=C5C)c(C)c4CC)c(C)c3CC. The van der Waals surface area contributed by atoms with E-state index < -0.39 is 0 Å². The second kappa shape index (κ2) is 11.3. The molecule has 2 aliphatic rings. The van der Waals surface area contributed by atoms with E-state index in [1.165, 1.54) is 33.4 Å². The van der Waals surface area contributed by atoms with Gasteiger partial charge < -0.3 is 14.7 Å². The van der Waals surface area contributed by atoms with Crippen LogP contribution in [0.3, 0.4) is 0 Å². The molecular formula is C34H40N4O2. The Hall–Kier alpha value is -3.93. The molecular weight excluding hydrogens is 496 g/mol. The summed E-state index contributed by atoms with van der Waals surface area (Å²) in [6.07, 6.45) is 4.47. The fourth-order valence-electron chi connectivity index (χ4n) is 6.22. The fraction of sp³-hybridized carbons (Fsp3) is 0.382. The largest absolute Gasteiger partial charge is 0.468 e. The molecule has 0 fully saturated rings. The Morgan fingerprint density at radius 1 is 0.675 bits per heavy atom. The second-order valence-corrected chi connectivity index (χ2v) is 10.8. The first kappa shape index (κ1) is 27.6. The quantitative estimate of drug-likeness (QED) is 0.224. The van der Waals surface area contributed by atoms with E-state index in [9.17, 15) is 4.79 Å². The van der Waals surface area contributed by atoms with E-state index >= 15 is 0 Å². The van der Waals surface area contributed by atoms with Crippen LogP contribution in [0.1, 0.15) is 98.9 Å². The molecule has 40 heavy (non-hydrogen) atoms. The van der Waals surface area contributed by atoms with Crippen molar-refractivity contribution in [2.24, 2.45) is 0 Å². The first-order chi connectivity index (χ1) is 19.3. The van der Waals surface area contributed by atoms with E-state index in [1.54, 1.807) is 0 Å². The summed E-state index contributed by atoms with van der Waals surface area (Å²) in [7, 11) is 0. The number of allylic oxidation sites excluding steroid dienone is 3. The van der Waals surface area contributed by atoms with Crippen molar-refractivity contribution < 1.29 is 9.53 Å². The maximum atomic E-state index is 10.9. The molecule has 0 aliphatic carbocycles. The van der Waals surface area contributed by atoms with Crippen LogP contribution in [0, 0.1) is 13.8 Å². The van der Waals surface area contributed by atoms with Gasteiger partial charge in [-0.1, -0.05) is 27.2 Å². The van der Waals surface area contributed by atoms with E-state index in [-0.39, 0.29) is 0 Å².